The molecule has 0 bridgehead atoms. The fourth-order valence-corrected chi connectivity index (χ4v) is 3.73. The highest BCUT2D eigenvalue weighted by molar-refractivity contribution is 5.79. The number of imidazole rings is 1. The van der Waals surface area contributed by atoms with Crippen molar-refractivity contribution in [3.63, 3.8) is 0 Å². The van der Waals surface area contributed by atoms with E-state index in [-0.39, 0.29) is 11.6 Å². The molecule has 0 spiro atoms. The maximum atomic E-state index is 13.1. The molecule has 3 aromatic rings. The lowest BCUT2D eigenvalue weighted by Gasteiger charge is -2.41. The minimum atomic E-state index is -4.32. The first-order chi connectivity index (χ1) is 13.1. The fraction of sp³-hybridized carbons (Fsp3) is 0.421. The van der Waals surface area contributed by atoms with Gasteiger partial charge in [-0.3, -0.25) is 4.40 Å². The lowest BCUT2D eigenvalue weighted by atomic mass is 9.77. The van der Waals surface area contributed by atoms with Gasteiger partial charge in [0.25, 0.3) is 0 Å². The van der Waals surface area contributed by atoms with Gasteiger partial charge in [-0.1, -0.05) is 23.8 Å². The summed E-state index contributed by atoms with van der Waals surface area (Å²) in [5.74, 6) is 0.446. The van der Waals surface area contributed by atoms with E-state index in [4.69, 9.17) is 0 Å². The quantitative estimate of drug-likeness (QED) is 0.712. The van der Waals surface area contributed by atoms with Crippen molar-refractivity contribution in [3.8, 4) is 11.3 Å². The third-order valence-electron chi connectivity index (χ3n) is 4.97. The minimum absolute atomic E-state index is 0.0564. The SMILES string of the molecule is Cc1ccc(-c2nnc(NC3CC(C)(O)C3)n3cncc23)c(CC(F)(F)F)c1. The van der Waals surface area contributed by atoms with Gasteiger partial charge in [-0.15, -0.1) is 10.2 Å². The van der Waals surface area contributed by atoms with Crippen molar-refractivity contribution in [1.29, 1.82) is 0 Å². The van der Waals surface area contributed by atoms with Crippen LogP contribution in [0.3, 0.4) is 0 Å². The van der Waals surface area contributed by atoms with E-state index in [9.17, 15) is 18.3 Å². The largest absolute Gasteiger partial charge is 0.393 e. The van der Waals surface area contributed by atoms with Gasteiger partial charge in [0.05, 0.1) is 23.7 Å². The van der Waals surface area contributed by atoms with Crippen molar-refractivity contribution >= 4 is 11.5 Å². The average molecular weight is 391 g/mol. The second-order valence-electron chi connectivity index (χ2n) is 7.72. The zero-order valence-electron chi connectivity index (χ0n) is 15.5. The number of anilines is 1. The van der Waals surface area contributed by atoms with E-state index in [2.05, 4.69) is 20.5 Å². The maximum Gasteiger partial charge on any atom is 0.393 e. The lowest BCUT2D eigenvalue weighted by molar-refractivity contribution is -0.127. The zero-order chi connectivity index (χ0) is 20.1. The van der Waals surface area contributed by atoms with Crippen molar-refractivity contribution in [3.05, 3.63) is 41.9 Å². The van der Waals surface area contributed by atoms with Gasteiger partial charge in [0, 0.05) is 11.6 Å². The van der Waals surface area contributed by atoms with Crippen LogP contribution in [0, 0.1) is 6.92 Å². The number of aromatic nitrogens is 4. The van der Waals surface area contributed by atoms with Gasteiger partial charge in [0.2, 0.25) is 5.95 Å². The maximum absolute atomic E-state index is 13.1. The Balaban J connectivity index is 1.73. The monoisotopic (exact) mass is 391 g/mol. The molecule has 0 atom stereocenters. The predicted molar refractivity (Wildman–Crippen MR) is 98.0 cm³/mol. The Morgan fingerprint density at radius 1 is 1.29 bits per heavy atom. The van der Waals surface area contributed by atoms with Crippen LogP contribution in [0.25, 0.3) is 16.8 Å². The number of alkyl halides is 3. The van der Waals surface area contributed by atoms with Gasteiger partial charge in [0.15, 0.2) is 0 Å². The Morgan fingerprint density at radius 2 is 2.04 bits per heavy atom. The van der Waals surface area contributed by atoms with Crippen molar-refractivity contribution in [2.24, 2.45) is 0 Å². The van der Waals surface area contributed by atoms with Crippen molar-refractivity contribution in [1.82, 2.24) is 19.6 Å². The van der Waals surface area contributed by atoms with E-state index in [0.29, 0.717) is 35.6 Å². The number of benzene rings is 1. The normalized spacial score (nSPS) is 22.3. The van der Waals surface area contributed by atoms with Crippen LogP contribution in [0.4, 0.5) is 19.1 Å². The van der Waals surface area contributed by atoms with Crippen LogP contribution in [-0.2, 0) is 6.42 Å². The highest BCUT2D eigenvalue weighted by Gasteiger charge is 2.39. The number of nitrogens with zero attached hydrogens (tertiary/aromatic N) is 4. The second-order valence-corrected chi connectivity index (χ2v) is 7.72. The summed E-state index contributed by atoms with van der Waals surface area (Å²) in [6.07, 6.45) is -1.09. The van der Waals surface area contributed by atoms with Gasteiger partial charge >= 0.3 is 6.18 Å². The summed E-state index contributed by atoms with van der Waals surface area (Å²) in [4.78, 5) is 4.12. The lowest BCUT2D eigenvalue weighted by Crippen LogP contribution is -2.48. The standard InChI is InChI=1S/C19H20F3N5O/c1-11-3-4-14(12(5-11)6-19(20,21)22)16-15-9-23-10-27(15)17(26-25-16)24-13-7-18(2,28)8-13/h3-5,9-10,13,28H,6-8H2,1-2H3,(H,24,26). The third-order valence-corrected chi connectivity index (χ3v) is 4.97. The smallest absolute Gasteiger partial charge is 0.390 e. The summed E-state index contributed by atoms with van der Waals surface area (Å²) in [7, 11) is 0. The summed E-state index contributed by atoms with van der Waals surface area (Å²) in [5, 5.41) is 21.5. The van der Waals surface area contributed by atoms with E-state index in [1.165, 1.54) is 6.07 Å². The van der Waals surface area contributed by atoms with Gasteiger partial charge in [-0.05, 0) is 32.3 Å². The third kappa shape index (κ3) is 3.66. The Hall–Kier alpha value is -2.68. The number of rotatable bonds is 4. The highest BCUT2D eigenvalue weighted by Crippen LogP contribution is 2.35. The van der Waals surface area contributed by atoms with Crippen molar-refractivity contribution in [2.45, 2.75) is 50.9 Å². The Bertz CT molecular complexity index is 1020. The Morgan fingerprint density at radius 3 is 2.71 bits per heavy atom. The molecule has 2 heterocycles. The van der Waals surface area contributed by atoms with Gasteiger partial charge in [-0.25, -0.2) is 4.98 Å². The Kier molecular flexibility index (Phi) is 4.29. The van der Waals surface area contributed by atoms with Crippen LogP contribution in [0.15, 0.2) is 30.7 Å². The van der Waals surface area contributed by atoms with Crippen LogP contribution < -0.4 is 5.32 Å². The molecule has 1 aliphatic carbocycles. The number of aliphatic hydroxyl groups is 1. The number of halogens is 3. The molecule has 6 nitrogen and oxygen atoms in total. The van der Waals surface area contributed by atoms with Crippen LogP contribution in [-0.4, -0.2) is 42.5 Å². The summed E-state index contributed by atoms with van der Waals surface area (Å²) in [6, 6.07) is 4.98. The van der Waals surface area contributed by atoms with Crippen LogP contribution in [0.2, 0.25) is 0 Å². The molecule has 0 aliphatic heterocycles. The molecular weight excluding hydrogens is 371 g/mol. The number of nitrogens with one attached hydrogen (secondary N) is 1. The molecule has 2 aromatic heterocycles. The fourth-order valence-electron chi connectivity index (χ4n) is 3.73. The molecule has 0 amide bonds. The first-order valence-corrected chi connectivity index (χ1v) is 8.96. The summed E-state index contributed by atoms with van der Waals surface area (Å²) in [5.41, 5.74) is 1.52. The summed E-state index contributed by atoms with van der Waals surface area (Å²) < 4.78 is 40.8. The first kappa shape index (κ1) is 18.7. The van der Waals surface area contributed by atoms with Crippen molar-refractivity contribution in [2.75, 3.05) is 5.32 Å². The average Bonchev–Trinajstić information content (AvgIpc) is 3.03. The molecular formula is C19H20F3N5O. The van der Waals surface area contributed by atoms with E-state index in [1.54, 1.807) is 42.9 Å². The van der Waals surface area contributed by atoms with Gasteiger partial charge < -0.3 is 10.4 Å². The molecule has 28 heavy (non-hydrogen) atoms. The number of aryl methyl sites for hydroxylation is 1. The molecule has 148 valence electrons. The summed E-state index contributed by atoms with van der Waals surface area (Å²) >= 11 is 0. The van der Waals surface area contributed by atoms with E-state index in [0.717, 1.165) is 5.56 Å². The first-order valence-electron chi connectivity index (χ1n) is 8.96. The molecule has 9 heteroatoms. The topological polar surface area (TPSA) is 75.3 Å². The molecule has 0 unspecified atom stereocenters. The van der Waals surface area contributed by atoms with Gasteiger partial charge in [0.1, 0.15) is 12.0 Å². The second kappa shape index (κ2) is 6.44. The van der Waals surface area contributed by atoms with Gasteiger partial charge in [-0.2, -0.15) is 13.2 Å². The molecule has 4 rings (SSSR count). The molecule has 1 saturated carbocycles. The molecule has 0 saturated heterocycles. The van der Waals surface area contributed by atoms with E-state index in [1.807, 2.05) is 0 Å². The summed E-state index contributed by atoms with van der Waals surface area (Å²) in [6.45, 7) is 3.52. The predicted octanol–water partition coefficient (Wildman–Crippen LogP) is 3.53. The van der Waals surface area contributed by atoms with Crippen molar-refractivity contribution < 1.29 is 18.3 Å². The highest BCUT2D eigenvalue weighted by atomic mass is 19.4. The number of hydrogen-bond donors (Lipinski definition) is 2. The minimum Gasteiger partial charge on any atom is -0.390 e. The number of hydrogen-bond acceptors (Lipinski definition) is 5. The zero-order valence-corrected chi connectivity index (χ0v) is 15.5. The number of fused-ring (bicyclic) bond motifs is 1. The van der Waals surface area contributed by atoms with Crippen LogP contribution >= 0.6 is 0 Å². The van der Waals surface area contributed by atoms with E-state index >= 15 is 0 Å². The molecule has 1 aliphatic rings. The molecule has 1 fully saturated rings. The van der Waals surface area contributed by atoms with Crippen LogP contribution in [0.5, 0.6) is 0 Å². The Labute approximate surface area is 159 Å². The molecule has 2 N–H and O–H groups in total. The molecule has 0 radical (unpaired) electrons. The van der Waals surface area contributed by atoms with Crippen LogP contribution in [0.1, 0.15) is 30.9 Å². The molecule has 1 aromatic carbocycles. The van der Waals surface area contributed by atoms with E-state index < -0.39 is 18.2 Å².